The number of fused-ring (bicyclic) bond motifs is 1. The van der Waals surface area contributed by atoms with Gasteiger partial charge in [0.25, 0.3) is 5.56 Å². The molecule has 0 aliphatic carbocycles. The molecule has 204 valence electrons. The van der Waals surface area contributed by atoms with Gasteiger partial charge in [0.05, 0.1) is 19.3 Å². The van der Waals surface area contributed by atoms with Crippen molar-refractivity contribution in [3.8, 4) is 5.75 Å². The standard InChI is InChI=1S/C31H33N7O2/c1-3-22-13-14-26-24(19-22)20-25(31(39)32-26)29(30-33-34-35-38(30)21-23-9-5-4-6-10-23)37-17-15-36(16-18-37)27-11-7-8-12-28(27)40-2/h4-14,19-20,29H,3,15-18,21H2,1-2H3,(H,32,39). The van der Waals surface area contributed by atoms with Gasteiger partial charge in [-0.25, -0.2) is 4.68 Å². The van der Waals surface area contributed by atoms with Gasteiger partial charge >= 0.3 is 0 Å². The number of aromatic nitrogens is 5. The van der Waals surface area contributed by atoms with Crippen LogP contribution in [0.4, 0.5) is 5.69 Å². The van der Waals surface area contributed by atoms with Crippen LogP contribution in [0.2, 0.25) is 0 Å². The number of rotatable bonds is 8. The van der Waals surface area contributed by atoms with Crippen molar-refractivity contribution in [2.24, 2.45) is 0 Å². The Balaban J connectivity index is 1.39. The molecule has 0 spiro atoms. The van der Waals surface area contributed by atoms with Gasteiger partial charge in [0.1, 0.15) is 11.8 Å². The summed E-state index contributed by atoms with van der Waals surface area (Å²) < 4.78 is 7.44. The van der Waals surface area contributed by atoms with Crippen LogP contribution >= 0.6 is 0 Å². The number of benzene rings is 3. The number of aromatic amines is 1. The predicted octanol–water partition coefficient (Wildman–Crippen LogP) is 4.05. The van der Waals surface area contributed by atoms with E-state index in [0.29, 0.717) is 17.9 Å². The van der Waals surface area contributed by atoms with Gasteiger partial charge in [0.15, 0.2) is 5.82 Å². The van der Waals surface area contributed by atoms with Gasteiger partial charge in [0.2, 0.25) is 0 Å². The Morgan fingerprint density at radius 2 is 1.70 bits per heavy atom. The number of piperazine rings is 1. The van der Waals surface area contributed by atoms with Crippen LogP contribution in [-0.4, -0.2) is 63.4 Å². The summed E-state index contributed by atoms with van der Waals surface area (Å²) in [6, 6.07) is 26.0. The maximum absolute atomic E-state index is 13.6. The number of H-pyrrole nitrogens is 1. The Bertz CT molecular complexity index is 1660. The minimum atomic E-state index is -0.406. The minimum absolute atomic E-state index is 0.122. The van der Waals surface area contributed by atoms with E-state index in [4.69, 9.17) is 4.74 Å². The van der Waals surface area contributed by atoms with E-state index >= 15 is 0 Å². The third kappa shape index (κ3) is 5.08. The van der Waals surface area contributed by atoms with Crippen molar-refractivity contribution in [2.45, 2.75) is 25.9 Å². The normalized spacial score (nSPS) is 14.9. The quantitative estimate of drug-likeness (QED) is 0.321. The molecular weight excluding hydrogens is 502 g/mol. The fraction of sp³-hybridized carbons (Fsp3) is 0.290. The molecule has 1 fully saturated rings. The average molecular weight is 536 g/mol. The number of nitrogens with one attached hydrogen (secondary N) is 1. The highest BCUT2D eigenvalue weighted by Crippen LogP contribution is 2.32. The Morgan fingerprint density at radius 3 is 2.48 bits per heavy atom. The molecule has 5 aromatic rings. The lowest BCUT2D eigenvalue weighted by Gasteiger charge is -2.40. The van der Waals surface area contributed by atoms with Crippen LogP contribution in [0.1, 0.15) is 35.5 Å². The molecule has 1 atom stereocenters. The topological polar surface area (TPSA) is 92.2 Å². The molecule has 1 aliphatic heterocycles. The number of methoxy groups -OCH3 is 1. The van der Waals surface area contributed by atoms with Crippen molar-refractivity contribution >= 4 is 16.6 Å². The Labute approximate surface area is 233 Å². The zero-order valence-corrected chi connectivity index (χ0v) is 22.8. The van der Waals surface area contributed by atoms with Crippen molar-refractivity contribution < 1.29 is 4.74 Å². The number of hydrogen-bond acceptors (Lipinski definition) is 7. The fourth-order valence-electron chi connectivity index (χ4n) is 5.58. The van der Waals surface area contributed by atoms with Crippen LogP contribution in [0.3, 0.4) is 0 Å². The molecule has 3 heterocycles. The number of anilines is 1. The predicted molar refractivity (Wildman–Crippen MR) is 156 cm³/mol. The molecule has 9 nitrogen and oxygen atoms in total. The summed E-state index contributed by atoms with van der Waals surface area (Å²) in [4.78, 5) is 21.4. The van der Waals surface area contributed by atoms with Crippen LogP contribution in [0.15, 0.2) is 83.7 Å². The highest BCUT2D eigenvalue weighted by molar-refractivity contribution is 5.80. The Kier molecular flexibility index (Phi) is 7.29. The first-order chi connectivity index (χ1) is 19.6. The van der Waals surface area contributed by atoms with Gasteiger partial charge in [-0.3, -0.25) is 9.69 Å². The van der Waals surface area contributed by atoms with Crippen LogP contribution in [0.25, 0.3) is 10.9 Å². The van der Waals surface area contributed by atoms with Crippen molar-refractivity contribution in [1.82, 2.24) is 30.1 Å². The molecule has 40 heavy (non-hydrogen) atoms. The summed E-state index contributed by atoms with van der Waals surface area (Å²) in [7, 11) is 1.70. The molecule has 1 N–H and O–H groups in total. The van der Waals surface area contributed by atoms with E-state index in [-0.39, 0.29) is 5.56 Å². The van der Waals surface area contributed by atoms with E-state index in [9.17, 15) is 4.79 Å². The van der Waals surface area contributed by atoms with Crippen LogP contribution in [-0.2, 0) is 13.0 Å². The Morgan fingerprint density at radius 1 is 0.925 bits per heavy atom. The SMILES string of the molecule is CCc1ccc2[nH]c(=O)c(C(c3nnnn3Cc3ccccc3)N3CCN(c4ccccc4OC)CC3)cc2c1. The van der Waals surface area contributed by atoms with E-state index < -0.39 is 6.04 Å². The number of pyridine rings is 1. The smallest absolute Gasteiger partial charge is 0.253 e. The first-order valence-electron chi connectivity index (χ1n) is 13.7. The lowest BCUT2D eigenvalue weighted by atomic mass is 10.0. The summed E-state index contributed by atoms with van der Waals surface area (Å²) in [6.45, 7) is 5.67. The summed E-state index contributed by atoms with van der Waals surface area (Å²) in [5, 5.41) is 13.9. The molecule has 0 radical (unpaired) electrons. The van der Waals surface area contributed by atoms with E-state index in [1.54, 1.807) is 7.11 Å². The Hall–Kier alpha value is -4.50. The lowest BCUT2D eigenvalue weighted by molar-refractivity contribution is 0.200. The first-order valence-corrected chi connectivity index (χ1v) is 13.7. The number of para-hydroxylation sites is 2. The average Bonchev–Trinajstić information content (AvgIpc) is 3.45. The van der Waals surface area contributed by atoms with E-state index in [1.165, 1.54) is 5.56 Å². The highest BCUT2D eigenvalue weighted by Gasteiger charge is 2.33. The van der Waals surface area contributed by atoms with E-state index in [0.717, 1.165) is 60.5 Å². The summed E-state index contributed by atoms with van der Waals surface area (Å²) in [6.07, 6.45) is 0.925. The zero-order chi connectivity index (χ0) is 27.5. The summed E-state index contributed by atoms with van der Waals surface area (Å²) in [5.74, 6) is 1.52. The number of tetrazole rings is 1. The third-order valence-electron chi connectivity index (χ3n) is 7.72. The summed E-state index contributed by atoms with van der Waals surface area (Å²) >= 11 is 0. The first kappa shape index (κ1) is 25.8. The molecule has 9 heteroatoms. The number of hydrogen-bond donors (Lipinski definition) is 1. The molecule has 1 saturated heterocycles. The second-order valence-corrected chi connectivity index (χ2v) is 10.1. The van der Waals surface area contributed by atoms with E-state index in [2.05, 4.69) is 67.6 Å². The van der Waals surface area contributed by atoms with Gasteiger partial charge < -0.3 is 14.6 Å². The maximum atomic E-state index is 13.6. The molecule has 0 amide bonds. The number of nitrogens with zero attached hydrogens (tertiary/aromatic N) is 6. The molecule has 3 aromatic carbocycles. The van der Waals surface area contributed by atoms with Crippen molar-refractivity contribution in [1.29, 1.82) is 0 Å². The largest absolute Gasteiger partial charge is 0.495 e. The van der Waals surface area contributed by atoms with Gasteiger partial charge in [0, 0.05) is 37.3 Å². The van der Waals surface area contributed by atoms with Gasteiger partial charge in [-0.1, -0.05) is 55.5 Å². The molecule has 6 rings (SSSR count). The zero-order valence-electron chi connectivity index (χ0n) is 22.8. The monoisotopic (exact) mass is 535 g/mol. The van der Waals surface area contributed by atoms with Crippen LogP contribution in [0, 0.1) is 0 Å². The van der Waals surface area contributed by atoms with Gasteiger partial charge in [-0.15, -0.1) is 5.10 Å². The van der Waals surface area contributed by atoms with Gasteiger partial charge in [-0.05, 0) is 63.7 Å². The highest BCUT2D eigenvalue weighted by atomic mass is 16.5. The number of ether oxygens (including phenoxy) is 1. The minimum Gasteiger partial charge on any atom is -0.495 e. The van der Waals surface area contributed by atoms with Crippen LogP contribution < -0.4 is 15.2 Å². The lowest BCUT2D eigenvalue weighted by Crippen LogP contribution is -2.49. The maximum Gasteiger partial charge on any atom is 0.253 e. The molecule has 1 aliphatic rings. The molecular formula is C31H33N7O2. The summed E-state index contributed by atoms with van der Waals surface area (Å²) in [5.41, 5.74) is 4.75. The van der Waals surface area contributed by atoms with Crippen molar-refractivity contribution in [2.75, 3.05) is 38.2 Å². The molecule has 2 aromatic heterocycles. The molecule has 1 unspecified atom stereocenters. The van der Waals surface area contributed by atoms with Crippen LogP contribution in [0.5, 0.6) is 5.75 Å². The van der Waals surface area contributed by atoms with Crippen molar-refractivity contribution in [3.05, 3.63) is 112 Å². The van der Waals surface area contributed by atoms with Gasteiger partial charge in [-0.2, -0.15) is 0 Å². The fourth-order valence-corrected chi connectivity index (χ4v) is 5.58. The third-order valence-corrected chi connectivity index (χ3v) is 7.72. The molecule has 0 bridgehead atoms. The number of aryl methyl sites for hydroxylation is 1. The van der Waals surface area contributed by atoms with Crippen molar-refractivity contribution in [3.63, 3.8) is 0 Å². The second kappa shape index (κ2) is 11.3. The second-order valence-electron chi connectivity index (χ2n) is 10.1. The van der Waals surface area contributed by atoms with E-state index in [1.807, 2.05) is 53.2 Å². The molecule has 0 saturated carbocycles.